The molecule has 7 nitrogen and oxygen atoms in total. The Hall–Kier alpha value is -2.19. The van der Waals surface area contributed by atoms with Gasteiger partial charge in [-0.05, 0) is 11.5 Å². The lowest BCUT2D eigenvalue weighted by atomic mass is 9.97. The van der Waals surface area contributed by atoms with Crippen LogP contribution in [0, 0.1) is 0 Å². The lowest BCUT2D eigenvalue weighted by Crippen LogP contribution is -2.65. The smallest absolute Gasteiger partial charge is 0.223 e. The molecule has 2 aromatic rings. The molecular formula is C18H21NO6. The van der Waals surface area contributed by atoms with Crippen molar-refractivity contribution < 1.29 is 29.6 Å². The van der Waals surface area contributed by atoms with E-state index in [-0.39, 0.29) is 0 Å². The lowest BCUT2D eigenvalue weighted by Gasteiger charge is -2.42. The van der Waals surface area contributed by atoms with Gasteiger partial charge in [-0.25, -0.2) is 0 Å². The van der Waals surface area contributed by atoms with Gasteiger partial charge in [-0.3, -0.25) is 4.79 Å². The van der Waals surface area contributed by atoms with Gasteiger partial charge in [0.25, 0.3) is 0 Å². The molecule has 1 aliphatic rings. The van der Waals surface area contributed by atoms with E-state index in [4.69, 9.17) is 9.47 Å². The van der Waals surface area contributed by atoms with E-state index in [1.807, 2.05) is 36.4 Å². The summed E-state index contributed by atoms with van der Waals surface area (Å²) in [5.41, 5.74) is 0. The number of ether oxygens (including phenoxy) is 2. The summed E-state index contributed by atoms with van der Waals surface area (Å²) < 4.78 is 11.5. The monoisotopic (exact) mass is 347 g/mol. The summed E-state index contributed by atoms with van der Waals surface area (Å²) in [6.45, 7) is 0.812. The molecule has 0 bridgehead atoms. The SMILES string of the molecule is CC(=O)NC1[C@H](Oc2cccc3ccccc23)OC(CO)[C@@H](O)[C@H]1O. The number of carbonyl (C=O) groups is 1. The molecule has 134 valence electrons. The number of benzene rings is 2. The van der Waals surface area contributed by atoms with Crippen LogP contribution in [-0.4, -0.2) is 58.5 Å². The Morgan fingerprint density at radius 2 is 1.88 bits per heavy atom. The minimum Gasteiger partial charge on any atom is -0.462 e. The van der Waals surface area contributed by atoms with Gasteiger partial charge in [0.05, 0.1) is 6.61 Å². The van der Waals surface area contributed by atoms with E-state index in [0.717, 1.165) is 10.8 Å². The van der Waals surface area contributed by atoms with Crippen molar-refractivity contribution in [1.82, 2.24) is 5.32 Å². The van der Waals surface area contributed by atoms with Crippen molar-refractivity contribution in [3.63, 3.8) is 0 Å². The van der Waals surface area contributed by atoms with Gasteiger partial charge < -0.3 is 30.1 Å². The molecule has 2 unspecified atom stereocenters. The topological polar surface area (TPSA) is 108 Å². The van der Waals surface area contributed by atoms with Crippen LogP contribution in [0.4, 0.5) is 0 Å². The predicted molar refractivity (Wildman–Crippen MR) is 89.9 cm³/mol. The summed E-state index contributed by atoms with van der Waals surface area (Å²) in [5.74, 6) is 0.118. The first kappa shape index (κ1) is 17.6. The first-order valence-corrected chi connectivity index (χ1v) is 8.05. The van der Waals surface area contributed by atoms with Crippen molar-refractivity contribution >= 4 is 16.7 Å². The summed E-state index contributed by atoms with van der Waals surface area (Å²) in [6, 6.07) is 12.1. The number of amides is 1. The lowest BCUT2D eigenvalue weighted by molar-refractivity contribution is -0.244. The van der Waals surface area contributed by atoms with Crippen molar-refractivity contribution in [3.05, 3.63) is 42.5 Å². The Labute approximate surface area is 144 Å². The molecule has 0 radical (unpaired) electrons. The van der Waals surface area contributed by atoms with E-state index in [9.17, 15) is 20.1 Å². The number of fused-ring (bicyclic) bond motifs is 1. The number of nitrogens with one attached hydrogen (secondary N) is 1. The number of aliphatic hydroxyl groups is 3. The number of rotatable bonds is 4. The zero-order valence-electron chi connectivity index (χ0n) is 13.7. The van der Waals surface area contributed by atoms with Crippen molar-refractivity contribution in [2.45, 2.75) is 37.6 Å². The molecule has 1 saturated heterocycles. The minimum atomic E-state index is -1.34. The molecule has 4 N–H and O–H groups in total. The molecule has 3 rings (SSSR count). The Balaban J connectivity index is 1.92. The van der Waals surface area contributed by atoms with Gasteiger partial charge in [0, 0.05) is 12.3 Å². The molecule has 2 aromatic carbocycles. The van der Waals surface area contributed by atoms with Crippen LogP contribution in [-0.2, 0) is 9.53 Å². The third-order valence-electron chi connectivity index (χ3n) is 4.24. The molecule has 0 spiro atoms. The summed E-state index contributed by atoms with van der Waals surface area (Å²) >= 11 is 0. The molecule has 1 aliphatic heterocycles. The Kier molecular flexibility index (Phi) is 5.19. The van der Waals surface area contributed by atoms with Crippen LogP contribution in [0.3, 0.4) is 0 Å². The quantitative estimate of drug-likeness (QED) is 0.628. The number of carbonyl (C=O) groups excluding carboxylic acids is 1. The van der Waals surface area contributed by atoms with Gasteiger partial charge >= 0.3 is 0 Å². The minimum absolute atomic E-state index is 0.395. The van der Waals surface area contributed by atoms with Gasteiger partial charge in [-0.2, -0.15) is 0 Å². The first-order chi connectivity index (χ1) is 12.0. The van der Waals surface area contributed by atoms with Crippen LogP contribution < -0.4 is 10.1 Å². The number of hydrogen-bond donors (Lipinski definition) is 4. The van der Waals surface area contributed by atoms with E-state index < -0.39 is 43.2 Å². The molecular weight excluding hydrogens is 326 g/mol. The molecule has 7 heteroatoms. The van der Waals surface area contributed by atoms with Crippen LogP contribution in [0.1, 0.15) is 6.92 Å². The molecule has 5 atom stereocenters. The Bertz CT molecular complexity index is 746. The summed E-state index contributed by atoms with van der Waals surface area (Å²) in [5, 5.41) is 34.1. The molecule has 1 heterocycles. The van der Waals surface area contributed by atoms with E-state index in [1.165, 1.54) is 6.92 Å². The van der Waals surface area contributed by atoms with Crippen molar-refractivity contribution in [3.8, 4) is 5.75 Å². The normalized spacial score (nSPS) is 29.4. The second kappa shape index (κ2) is 7.37. The highest BCUT2D eigenvalue weighted by atomic mass is 16.7. The molecule has 1 amide bonds. The molecule has 0 aromatic heterocycles. The fourth-order valence-corrected chi connectivity index (χ4v) is 2.99. The van der Waals surface area contributed by atoms with E-state index >= 15 is 0 Å². The van der Waals surface area contributed by atoms with Gasteiger partial charge in [-0.15, -0.1) is 0 Å². The zero-order valence-corrected chi connectivity index (χ0v) is 13.7. The largest absolute Gasteiger partial charge is 0.462 e. The highest BCUT2D eigenvalue weighted by molar-refractivity contribution is 5.88. The molecule has 0 saturated carbocycles. The summed E-state index contributed by atoms with van der Waals surface area (Å²) in [7, 11) is 0. The highest BCUT2D eigenvalue weighted by Crippen LogP contribution is 2.29. The maximum atomic E-state index is 11.5. The van der Waals surface area contributed by atoms with Gasteiger partial charge in [0.1, 0.15) is 30.1 Å². The highest BCUT2D eigenvalue weighted by Gasteiger charge is 2.46. The third-order valence-corrected chi connectivity index (χ3v) is 4.24. The van der Waals surface area contributed by atoms with E-state index in [2.05, 4.69) is 5.32 Å². The van der Waals surface area contributed by atoms with Crippen LogP contribution in [0.5, 0.6) is 5.75 Å². The van der Waals surface area contributed by atoms with Crippen molar-refractivity contribution in [2.75, 3.05) is 6.61 Å². The maximum absolute atomic E-state index is 11.5. The number of aliphatic hydroxyl groups excluding tert-OH is 3. The fourth-order valence-electron chi connectivity index (χ4n) is 2.99. The average molecular weight is 347 g/mol. The predicted octanol–water partition coefficient (Wildman–Crippen LogP) is 0.162. The van der Waals surface area contributed by atoms with Crippen molar-refractivity contribution in [1.29, 1.82) is 0 Å². The van der Waals surface area contributed by atoms with Crippen LogP contribution in [0.2, 0.25) is 0 Å². The number of hydrogen-bond acceptors (Lipinski definition) is 6. The maximum Gasteiger partial charge on any atom is 0.223 e. The van der Waals surface area contributed by atoms with Gasteiger partial charge in [-0.1, -0.05) is 36.4 Å². The van der Waals surface area contributed by atoms with Crippen LogP contribution in [0.15, 0.2) is 42.5 Å². The Morgan fingerprint density at radius 1 is 1.16 bits per heavy atom. The molecule has 25 heavy (non-hydrogen) atoms. The van der Waals surface area contributed by atoms with Crippen LogP contribution >= 0.6 is 0 Å². The molecule has 1 fully saturated rings. The first-order valence-electron chi connectivity index (χ1n) is 8.05. The van der Waals surface area contributed by atoms with E-state index in [0.29, 0.717) is 5.75 Å². The third kappa shape index (κ3) is 3.59. The van der Waals surface area contributed by atoms with Gasteiger partial charge in [0.2, 0.25) is 12.2 Å². The Morgan fingerprint density at radius 3 is 2.60 bits per heavy atom. The second-order valence-electron chi connectivity index (χ2n) is 6.03. The van der Waals surface area contributed by atoms with Crippen LogP contribution in [0.25, 0.3) is 10.8 Å². The van der Waals surface area contributed by atoms with E-state index in [1.54, 1.807) is 6.07 Å². The zero-order chi connectivity index (χ0) is 18.0. The summed E-state index contributed by atoms with van der Waals surface area (Å²) in [4.78, 5) is 11.5. The second-order valence-corrected chi connectivity index (χ2v) is 6.03. The average Bonchev–Trinajstić information content (AvgIpc) is 2.61. The van der Waals surface area contributed by atoms with Gasteiger partial charge in [0.15, 0.2) is 0 Å². The standard InChI is InChI=1S/C18H21NO6/c1-10(21)19-15-17(23)16(22)14(9-20)25-18(15)24-13-8-4-6-11-5-2-3-7-12(11)13/h2-8,14-18,20,22-23H,9H2,1H3,(H,19,21)/t14?,15?,16-,17+,18-/m1/s1. The summed E-state index contributed by atoms with van der Waals surface area (Å²) in [6.07, 6.45) is -4.76. The molecule has 0 aliphatic carbocycles. The van der Waals surface area contributed by atoms with Crippen molar-refractivity contribution in [2.24, 2.45) is 0 Å². The fraction of sp³-hybridized carbons (Fsp3) is 0.389.